The van der Waals surface area contributed by atoms with Crippen molar-refractivity contribution in [2.75, 3.05) is 19.0 Å². The minimum Gasteiger partial charge on any atom is -0.493 e. The summed E-state index contributed by atoms with van der Waals surface area (Å²) in [7, 11) is 1.60. The van der Waals surface area contributed by atoms with Gasteiger partial charge in [0.05, 0.1) is 31.3 Å². The molecule has 9 nitrogen and oxygen atoms in total. The fourth-order valence-electron chi connectivity index (χ4n) is 4.37. The number of hydrogen-bond donors (Lipinski definition) is 1. The molecule has 0 saturated carbocycles. The molecule has 1 unspecified atom stereocenters. The number of nitrogens with one attached hydrogen (secondary N) is 1. The highest BCUT2D eigenvalue weighted by Crippen LogP contribution is 2.45. The molecule has 0 spiro atoms. The Balaban J connectivity index is 1.63. The van der Waals surface area contributed by atoms with Gasteiger partial charge in [-0.1, -0.05) is 35.9 Å². The minimum absolute atomic E-state index is 0.143. The van der Waals surface area contributed by atoms with Gasteiger partial charge in [-0.25, -0.2) is 4.98 Å². The molecule has 0 bridgehead atoms. The Bertz CT molecular complexity index is 1400. The third-order valence-electron chi connectivity index (χ3n) is 5.87. The van der Waals surface area contributed by atoms with Crippen LogP contribution in [0.5, 0.6) is 11.5 Å². The number of ether oxygens (including phenoxy) is 2. The van der Waals surface area contributed by atoms with E-state index >= 15 is 0 Å². The molecule has 0 saturated heterocycles. The number of para-hydroxylation sites is 1. The Labute approximate surface area is 207 Å². The summed E-state index contributed by atoms with van der Waals surface area (Å²) in [6.45, 7) is 4.28. The maximum absolute atomic E-state index is 12.9. The van der Waals surface area contributed by atoms with Gasteiger partial charge in [0.1, 0.15) is 5.82 Å². The third-order valence-corrected chi connectivity index (χ3v) is 6.12. The van der Waals surface area contributed by atoms with Crippen molar-refractivity contribution in [2.24, 2.45) is 0 Å². The first kappa shape index (κ1) is 22.8. The first-order chi connectivity index (χ1) is 17.0. The number of methoxy groups -OCH3 is 1. The Hall–Kier alpha value is -3.98. The zero-order valence-corrected chi connectivity index (χ0v) is 20.2. The molecule has 0 fully saturated rings. The van der Waals surface area contributed by atoms with E-state index < -0.39 is 0 Å². The second kappa shape index (κ2) is 9.34. The van der Waals surface area contributed by atoms with Crippen LogP contribution in [-0.4, -0.2) is 44.6 Å². The Morgan fingerprint density at radius 3 is 2.74 bits per heavy atom. The van der Waals surface area contributed by atoms with Gasteiger partial charge in [0.15, 0.2) is 11.5 Å². The predicted molar refractivity (Wildman–Crippen MR) is 131 cm³/mol. The molecule has 0 aliphatic carbocycles. The van der Waals surface area contributed by atoms with E-state index in [9.17, 15) is 4.79 Å². The lowest BCUT2D eigenvalue weighted by Crippen LogP contribution is -2.25. The van der Waals surface area contributed by atoms with Gasteiger partial charge in [0.25, 0.3) is 5.95 Å². The molecule has 35 heavy (non-hydrogen) atoms. The zero-order chi connectivity index (χ0) is 24.5. The van der Waals surface area contributed by atoms with E-state index in [1.807, 2.05) is 44.2 Å². The number of aryl methyl sites for hydroxylation is 1. The van der Waals surface area contributed by atoms with Crippen molar-refractivity contribution in [1.29, 1.82) is 0 Å². The van der Waals surface area contributed by atoms with Gasteiger partial charge < -0.3 is 14.8 Å². The number of amides is 1. The lowest BCUT2D eigenvalue weighted by atomic mass is 9.85. The van der Waals surface area contributed by atoms with Gasteiger partial charge in [-0.05, 0) is 32.0 Å². The maximum atomic E-state index is 12.9. The first-order valence-corrected chi connectivity index (χ1v) is 11.5. The summed E-state index contributed by atoms with van der Waals surface area (Å²) in [5.41, 5.74) is 3.93. The number of benzene rings is 2. The number of carbonyl (C=O) groups is 1. The summed E-state index contributed by atoms with van der Waals surface area (Å²) in [6.07, 6.45) is 1.82. The summed E-state index contributed by atoms with van der Waals surface area (Å²) >= 11 is 6.02. The third kappa shape index (κ3) is 4.19. The van der Waals surface area contributed by atoms with Crippen LogP contribution in [0.3, 0.4) is 0 Å². The van der Waals surface area contributed by atoms with Crippen LogP contribution in [0.25, 0.3) is 17.2 Å². The lowest BCUT2D eigenvalue weighted by molar-refractivity contribution is -0.116. The Morgan fingerprint density at radius 1 is 1.20 bits per heavy atom. The average Bonchev–Trinajstić information content (AvgIpc) is 3.20. The van der Waals surface area contributed by atoms with Gasteiger partial charge >= 0.3 is 0 Å². The highest BCUT2D eigenvalue weighted by atomic mass is 35.5. The van der Waals surface area contributed by atoms with E-state index in [0.29, 0.717) is 34.6 Å². The van der Waals surface area contributed by atoms with Crippen LogP contribution in [-0.2, 0) is 4.79 Å². The molecule has 5 rings (SSSR count). The molecule has 0 radical (unpaired) electrons. The van der Waals surface area contributed by atoms with E-state index in [-0.39, 0.29) is 24.2 Å². The van der Waals surface area contributed by atoms with Crippen molar-refractivity contribution in [3.63, 3.8) is 0 Å². The number of nitrogens with zero attached hydrogens (tertiary/aromatic N) is 5. The van der Waals surface area contributed by atoms with Gasteiger partial charge in [-0.15, -0.1) is 5.10 Å². The highest BCUT2D eigenvalue weighted by molar-refractivity contribution is 6.30. The van der Waals surface area contributed by atoms with Crippen LogP contribution < -0.4 is 14.8 Å². The summed E-state index contributed by atoms with van der Waals surface area (Å²) in [5.74, 6) is 1.58. The number of carbonyl (C=O) groups excluding carboxylic acids is 1. The summed E-state index contributed by atoms with van der Waals surface area (Å²) < 4.78 is 13.0. The van der Waals surface area contributed by atoms with Gasteiger partial charge in [0, 0.05) is 34.1 Å². The van der Waals surface area contributed by atoms with Crippen molar-refractivity contribution in [2.45, 2.75) is 26.2 Å². The van der Waals surface area contributed by atoms with Crippen molar-refractivity contribution < 1.29 is 14.3 Å². The summed E-state index contributed by atoms with van der Waals surface area (Å²) in [4.78, 5) is 17.5. The minimum atomic E-state index is -0.281. The quantitative estimate of drug-likeness (QED) is 0.422. The number of hydrogen-bond acceptors (Lipinski definition) is 7. The zero-order valence-electron chi connectivity index (χ0n) is 19.4. The highest BCUT2D eigenvalue weighted by Gasteiger charge is 2.35. The molecule has 1 aliphatic heterocycles. The van der Waals surface area contributed by atoms with Crippen molar-refractivity contribution in [1.82, 2.24) is 25.0 Å². The molecular formula is C25H23ClN6O3. The molecular weight excluding hydrogens is 468 g/mol. The molecule has 10 heteroatoms. The Morgan fingerprint density at radius 2 is 2.00 bits per heavy atom. The van der Waals surface area contributed by atoms with Crippen LogP contribution >= 0.6 is 11.6 Å². The smallest absolute Gasteiger partial charge is 0.272 e. The normalized spacial score (nSPS) is 14.9. The molecule has 1 atom stereocenters. The lowest BCUT2D eigenvalue weighted by Gasteiger charge is -2.26. The average molecular weight is 491 g/mol. The maximum Gasteiger partial charge on any atom is 0.272 e. The molecule has 178 valence electrons. The number of anilines is 1. The van der Waals surface area contributed by atoms with E-state index in [1.54, 1.807) is 25.4 Å². The van der Waals surface area contributed by atoms with E-state index in [4.69, 9.17) is 21.1 Å². The van der Waals surface area contributed by atoms with Gasteiger partial charge in [0.2, 0.25) is 5.91 Å². The Kier molecular flexibility index (Phi) is 6.08. The van der Waals surface area contributed by atoms with Crippen LogP contribution in [0.4, 0.5) is 5.82 Å². The molecule has 1 N–H and O–H groups in total. The topological polar surface area (TPSA) is 104 Å². The van der Waals surface area contributed by atoms with Crippen LogP contribution in [0.15, 0.2) is 48.7 Å². The number of rotatable bonds is 6. The monoisotopic (exact) mass is 490 g/mol. The largest absolute Gasteiger partial charge is 0.493 e. The fourth-order valence-corrected chi connectivity index (χ4v) is 4.49. The standard InChI is InChI=1S/C25H23ClN6O3/c1-4-35-23-17(6-5-7-20(23)34-3)18-12-21(33)29-24-22(18)14(2)31-32(24)25-28-19(13-27-30-25)15-8-10-16(26)11-9-15/h5-11,13,18H,4,12H2,1-3H3,(H,29,33). The molecule has 3 heterocycles. The van der Waals surface area contributed by atoms with Gasteiger partial charge in [-0.3, -0.25) is 4.79 Å². The molecule has 1 amide bonds. The SMILES string of the molecule is CCOc1c(OC)cccc1C1CC(=O)Nc2c1c(C)nn2-c1nncc(-c2ccc(Cl)cc2)n1. The van der Waals surface area contributed by atoms with E-state index in [2.05, 4.69) is 25.6 Å². The molecule has 4 aromatic rings. The van der Waals surface area contributed by atoms with Crippen LogP contribution in [0.2, 0.25) is 5.02 Å². The summed E-state index contributed by atoms with van der Waals surface area (Å²) in [5, 5.41) is 16.6. The van der Waals surface area contributed by atoms with Crippen LogP contribution in [0, 0.1) is 6.92 Å². The first-order valence-electron chi connectivity index (χ1n) is 11.1. The van der Waals surface area contributed by atoms with Crippen molar-refractivity contribution in [3.05, 3.63) is 70.5 Å². The number of aromatic nitrogens is 5. The van der Waals surface area contributed by atoms with Crippen molar-refractivity contribution >= 4 is 23.3 Å². The molecule has 2 aromatic carbocycles. The number of halogens is 1. The molecule has 2 aromatic heterocycles. The van der Waals surface area contributed by atoms with Crippen LogP contribution in [0.1, 0.15) is 36.1 Å². The second-order valence-electron chi connectivity index (χ2n) is 8.02. The van der Waals surface area contributed by atoms with Gasteiger partial charge in [-0.2, -0.15) is 14.9 Å². The van der Waals surface area contributed by atoms with Crippen molar-refractivity contribution in [3.8, 4) is 28.7 Å². The van der Waals surface area contributed by atoms with E-state index in [1.165, 1.54) is 4.68 Å². The van der Waals surface area contributed by atoms with E-state index in [0.717, 1.165) is 22.4 Å². The fraction of sp³-hybridized carbons (Fsp3) is 0.240. The molecule has 1 aliphatic rings. The summed E-state index contributed by atoms with van der Waals surface area (Å²) in [6, 6.07) is 13.0. The predicted octanol–water partition coefficient (Wildman–Crippen LogP) is 4.57. The number of fused-ring (bicyclic) bond motifs is 1. The second-order valence-corrected chi connectivity index (χ2v) is 8.46.